The Labute approximate surface area is 143 Å². The number of hydrogen-bond donors (Lipinski definition) is 0. The smallest absolute Gasteiger partial charge is 0.138 e. The van der Waals surface area contributed by atoms with Gasteiger partial charge in [-0.15, -0.1) is 0 Å². The summed E-state index contributed by atoms with van der Waals surface area (Å²) in [5, 5.41) is 0. The predicted molar refractivity (Wildman–Crippen MR) is 91.3 cm³/mol. The Kier molecular flexibility index (Phi) is 4.08. The molecule has 3 heterocycles. The van der Waals surface area contributed by atoms with Gasteiger partial charge in [0.05, 0.1) is 19.4 Å². The van der Waals surface area contributed by atoms with Gasteiger partial charge in [-0.05, 0) is 42.5 Å². The van der Waals surface area contributed by atoms with E-state index in [2.05, 4.69) is 56.0 Å². The van der Waals surface area contributed by atoms with Crippen LogP contribution in [0.15, 0.2) is 70.0 Å². The highest BCUT2D eigenvalue weighted by molar-refractivity contribution is 9.10. The Balaban J connectivity index is 1.54. The second kappa shape index (κ2) is 6.35. The topological polar surface area (TPSA) is 30.5 Å². The number of furan rings is 1. The first kappa shape index (κ1) is 14.8. The van der Waals surface area contributed by atoms with Crippen LogP contribution in [0.2, 0.25) is 0 Å². The van der Waals surface area contributed by atoms with Gasteiger partial charge in [0.2, 0.25) is 0 Å². The van der Waals surface area contributed by atoms with Crippen molar-refractivity contribution in [1.29, 1.82) is 0 Å². The van der Waals surface area contributed by atoms with Gasteiger partial charge in [0.1, 0.15) is 12.0 Å². The van der Waals surface area contributed by atoms with Crippen LogP contribution < -0.4 is 0 Å². The molecule has 0 N–H and O–H groups in total. The van der Waals surface area contributed by atoms with Gasteiger partial charge in [-0.2, -0.15) is 0 Å². The number of rotatable bonds is 4. The predicted octanol–water partition coefficient (Wildman–Crippen LogP) is 4.36. The molecule has 0 spiro atoms. The molecule has 23 heavy (non-hydrogen) atoms. The fourth-order valence-electron chi connectivity index (χ4n) is 2.91. The molecule has 5 heteroatoms. The van der Waals surface area contributed by atoms with Crippen LogP contribution >= 0.6 is 15.9 Å². The number of nitrogens with zero attached hydrogens (tertiary/aromatic N) is 2. The minimum atomic E-state index is -0.0169. The lowest BCUT2D eigenvalue weighted by molar-refractivity contribution is 0.0258. The van der Waals surface area contributed by atoms with Gasteiger partial charge in [-0.25, -0.2) is 0 Å². The third kappa shape index (κ3) is 3.13. The highest BCUT2D eigenvalue weighted by Crippen LogP contribution is 2.29. The number of aromatic nitrogens is 1. The maximum Gasteiger partial charge on any atom is 0.138 e. The minimum Gasteiger partial charge on any atom is -0.468 e. The Hall–Kier alpha value is -1.82. The molecule has 1 atom stereocenters. The zero-order valence-electron chi connectivity index (χ0n) is 12.6. The molecule has 4 nitrogen and oxygen atoms in total. The summed E-state index contributed by atoms with van der Waals surface area (Å²) in [4.78, 5) is 2.29. The van der Waals surface area contributed by atoms with Gasteiger partial charge in [-0.3, -0.25) is 4.90 Å². The first-order valence-corrected chi connectivity index (χ1v) is 8.41. The fraction of sp³-hybridized carbons (Fsp3) is 0.222. The Morgan fingerprint density at radius 2 is 2.00 bits per heavy atom. The van der Waals surface area contributed by atoms with E-state index >= 15 is 0 Å². The first-order valence-electron chi connectivity index (χ1n) is 7.61. The van der Waals surface area contributed by atoms with Crippen LogP contribution in [-0.2, 0) is 11.3 Å². The molecule has 0 saturated carbocycles. The zero-order chi connectivity index (χ0) is 15.6. The highest BCUT2D eigenvalue weighted by Gasteiger charge is 2.28. The van der Waals surface area contributed by atoms with Crippen LogP contribution in [0.5, 0.6) is 0 Å². The minimum absolute atomic E-state index is 0.0169. The van der Waals surface area contributed by atoms with E-state index in [0.29, 0.717) is 0 Å². The SMILES string of the molecule is Brc1ccc(-n2ccc(C3OCCN3Cc3ccco3)c2)cc1. The zero-order valence-corrected chi connectivity index (χ0v) is 14.1. The third-order valence-electron chi connectivity index (χ3n) is 4.05. The molecule has 0 radical (unpaired) electrons. The van der Waals surface area contributed by atoms with Crippen molar-refractivity contribution in [2.45, 2.75) is 12.8 Å². The molecule has 1 aliphatic heterocycles. The van der Waals surface area contributed by atoms with E-state index in [0.717, 1.165) is 41.2 Å². The van der Waals surface area contributed by atoms with Crippen molar-refractivity contribution in [3.63, 3.8) is 0 Å². The first-order chi connectivity index (χ1) is 11.3. The summed E-state index contributed by atoms with van der Waals surface area (Å²) in [6.45, 7) is 2.42. The summed E-state index contributed by atoms with van der Waals surface area (Å²) >= 11 is 3.47. The molecule has 1 unspecified atom stereocenters. The van der Waals surface area contributed by atoms with E-state index in [4.69, 9.17) is 9.15 Å². The van der Waals surface area contributed by atoms with Gasteiger partial charge in [0, 0.05) is 34.7 Å². The van der Waals surface area contributed by atoms with Crippen molar-refractivity contribution in [1.82, 2.24) is 9.47 Å². The Morgan fingerprint density at radius 1 is 1.13 bits per heavy atom. The van der Waals surface area contributed by atoms with Gasteiger partial charge in [0.15, 0.2) is 0 Å². The van der Waals surface area contributed by atoms with Crippen molar-refractivity contribution >= 4 is 15.9 Å². The number of hydrogen-bond acceptors (Lipinski definition) is 3. The summed E-state index contributed by atoms with van der Waals surface area (Å²) in [5.74, 6) is 0.966. The quantitative estimate of drug-likeness (QED) is 0.681. The number of halogens is 1. The molecule has 1 aromatic carbocycles. The molecular weight excluding hydrogens is 356 g/mol. The van der Waals surface area contributed by atoms with Crippen LogP contribution in [0, 0.1) is 0 Å². The Morgan fingerprint density at radius 3 is 2.78 bits per heavy atom. The summed E-state index contributed by atoms with van der Waals surface area (Å²) in [5.41, 5.74) is 2.30. The van der Waals surface area contributed by atoms with Crippen LogP contribution in [0.1, 0.15) is 17.6 Å². The van der Waals surface area contributed by atoms with Crippen LogP contribution in [-0.4, -0.2) is 22.6 Å². The molecular formula is C18H17BrN2O2. The second-order valence-corrected chi connectivity index (χ2v) is 6.52. The van der Waals surface area contributed by atoms with Crippen LogP contribution in [0.3, 0.4) is 0 Å². The van der Waals surface area contributed by atoms with Crippen molar-refractivity contribution in [2.24, 2.45) is 0 Å². The lowest BCUT2D eigenvalue weighted by Crippen LogP contribution is -2.22. The molecule has 1 aliphatic rings. The lowest BCUT2D eigenvalue weighted by Gasteiger charge is -2.21. The molecule has 3 aromatic rings. The van der Waals surface area contributed by atoms with E-state index in [9.17, 15) is 0 Å². The molecule has 0 amide bonds. The average molecular weight is 373 g/mol. The second-order valence-electron chi connectivity index (χ2n) is 5.60. The summed E-state index contributed by atoms with van der Waals surface area (Å²) in [6, 6.07) is 14.3. The normalized spacial score (nSPS) is 18.6. The molecule has 0 aliphatic carbocycles. The van der Waals surface area contributed by atoms with Crippen molar-refractivity contribution in [2.75, 3.05) is 13.2 Å². The summed E-state index contributed by atoms with van der Waals surface area (Å²) in [6.07, 6.45) is 5.90. The van der Waals surface area contributed by atoms with Gasteiger partial charge < -0.3 is 13.7 Å². The largest absolute Gasteiger partial charge is 0.468 e. The van der Waals surface area contributed by atoms with Crippen LogP contribution in [0.4, 0.5) is 0 Å². The number of benzene rings is 1. The molecule has 1 fully saturated rings. The molecule has 0 bridgehead atoms. The van der Waals surface area contributed by atoms with Crippen molar-refractivity contribution in [3.05, 3.63) is 76.9 Å². The van der Waals surface area contributed by atoms with Crippen molar-refractivity contribution < 1.29 is 9.15 Å². The highest BCUT2D eigenvalue weighted by atomic mass is 79.9. The van der Waals surface area contributed by atoms with E-state index in [1.807, 2.05) is 24.3 Å². The third-order valence-corrected chi connectivity index (χ3v) is 4.58. The fourth-order valence-corrected chi connectivity index (χ4v) is 3.17. The van der Waals surface area contributed by atoms with E-state index in [-0.39, 0.29) is 6.23 Å². The van der Waals surface area contributed by atoms with Gasteiger partial charge in [-0.1, -0.05) is 15.9 Å². The summed E-state index contributed by atoms with van der Waals surface area (Å²) < 4.78 is 14.6. The van der Waals surface area contributed by atoms with Gasteiger partial charge in [0.25, 0.3) is 0 Å². The molecule has 118 valence electrons. The molecule has 4 rings (SSSR count). The molecule has 2 aromatic heterocycles. The lowest BCUT2D eigenvalue weighted by atomic mass is 10.2. The number of ether oxygens (including phenoxy) is 1. The van der Waals surface area contributed by atoms with Gasteiger partial charge >= 0.3 is 0 Å². The summed E-state index contributed by atoms with van der Waals surface area (Å²) in [7, 11) is 0. The average Bonchev–Trinajstić information content (AvgIpc) is 3.29. The molecule has 1 saturated heterocycles. The van der Waals surface area contributed by atoms with Crippen molar-refractivity contribution in [3.8, 4) is 5.69 Å². The van der Waals surface area contributed by atoms with E-state index in [1.54, 1.807) is 6.26 Å². The van der Waals surface area contributed by atoms with Crippen LogP contribution in [0.25, 0.3) is 5.69 Å². The maximum atomic E-state index is 5.93. The monoisotopic (exact) mass is 372 g/mol. The Bertz CT molecular complexity index is 765. The van der Waals surface area contributed by atoms with E-state index in [1.165, 1.54) is 0 Å². The standard InChI is InChI=1S/C18H17BrN2O2/c19-15-3-5-16(6-4-15)20-8-7-14(12-20)18-21(9-11-23-18)13-17-2-1-10-22-17/h1-8,10,12,18H,9,11,13H2. The van der Waals surface area contributed by atoms with E-state index < -0.39 is 0 Å². The maximum absolute atomic E-state index is 5.93.